The van der Waals surface area contributed by atoms with Crippen molar-refractivity contribution in [1.29, 1.82) is 5.41 Å². The standard InChI is InChI=1S/C15H23NO.C14H9F5O.Tl/c1-14(2,3)11-7-10(9-16)13(17)12(8-11)15(4,5)6;1-2-7-5-3-4-6-8(7)20-14-12(18)10(16)9(15)11(17)13(14)19;/h7-9,16-17H,1-6H3;3-6H,2H2,1H3;/q;;+1/p-1. The number of benzene rings is 3. The summed E-state index contributed by atoms with van der Waals surface area (Å²) in [5, 5.41) is 7.60. The van der Waals surface area contributed by atoms with E-state index >= 15 is 0 Å². The average Bonchev–Trinajstić information content (AvgIpc) is 2.87. The van der Waals surface area contributed by atoms with Gasteiger partial charge in [0.25, 0.3) is 0 Å². The fourth-order valence-electron chi connectivity index (χ4n) is 3.56. The van der Waals surface area contributed by atoms with Crippen LogP contribution in [0.5, 0.6) is 17.2 Å². The molecule has 0 unspecified atom stereocenters. The number of rotatable bonds is 5. The molecule has 0 saturated carbocycles. The Balaban J connectivity index is 0.000000269. The zero-order valence-corrected chi connectivity index (χ0v) is 27.0. The molecule has 0 aliphatic carbocycles. The minimum atomic E-state index is -2.21. The van der Waals surface area contributed by atoms with Crippen molar-refractivity contribution >= 4 is 32.4 Å². The van der Waals surface area contributed by atoms with Gasteiger partial charge in [-0.05, 0) is 18.1 Å². The first kappa shape index (κ1) is 31.7. The third-order valence-electron chi connectivity index (χ3n) is 5.80. The molecule has 0 bridgehead atoms. The van der Waals surface area contributed by atoms with Crippen LogP contribution in [0.1, 0.15) is 70.7 Å². The molecule has 3 aromatic carbocycles. The van der Waals surface area contributed by atoms with Gasteiger partial charge >= 0.3 is 127 Å². The summed E-state index contributed by atoms with van der Waals surface area (Å²) < 4.78 is 76.5. The molecule has 3 rings (SSSR count). The van der Waals surface area contributed by atoms with E-state index in [2.05, 4.69) is 53.7 Å². The van der Waals surface area contributed by atoms with Crippen LogP contribution in [0.25, 0.3) is 0 Å². The molecule has 0 aliphatic heterocycles. The van der Waals surface area contributed by atoms with Gasteiger partial charge in [0.15, 0.2) is 0 Å². The Bertz CT molecular complexity index is 1280. The second-order valence-electron chi connectivity index (χ2n) is 10.7. The van der Waals surface area contributed by atoms with E-state index in [1.807, 2.05) is 0 Å². The molecule has 0 radical (unpaired) electrons. The molecule has 202 valence electrons. The van der Waals surface area contributed by atoms with Gasteiger partial charge in [-0.2, -0.15) is 8.78 Å². The number of para-hydroxylation sites is 1. The van der Waals surface area contributed by atoms with Gasteiger partial charge in [0.2, 0.25) is 34.8 Å². The van der Waals surface area contributed by atoms with Crippen LogP contribution < -0.4 is 7.42 Å². The third kappa shape index (κ3) is 7.12. The second-order valence-corrected chi connectivity index (χ2v) is 11.6. The molecular formula is C29H31F5NO2Tl. The molecule has 0 atom stereocenters. The van der Waals surface area contributed by atoms with Crippen molar-refractivity contribution in [1.82, 2.24) is 0 Å². The van der Waals surface area contributed by atoms with E-state index in [-0.39, 0.29) is 16.6 Å². The predicted molar refractivity (Wildman–Crippen MR) is 140 cm³/mol. The van der Waals surface area contributed by atoms with Gasteiger partial charge in [0, 0.05) is 0 Å². The maximum atomic E-state index is 13.5. The number of ether oxygens (including phenoxy) is 1. The molecule has 1 N–H and O–H groups in total. The van der Waals surface area contributed by atoms with Gasteiger partial charge < -0.3 is 4.74 Å². The van der Waals surface area contributed by atoms with Crippen LogP contribution in [-0.4, -0.2) is 32.4 Å². The van der Waals surface area contributed by atoms with Crippen molar-refractivity contribution in [3.05, 3.63) is 87.7 Å². The quantitative estimate of drug-likeness (QED) is 0.0944. The van der Waals surface area contributed by atoms with Crippen molar-refractivity contribution in [2.75, 3.05) is 0 Å². The number of halogens is 5. The summed E-state index contributed by atoms with van der Waals surface area (Å²) >= 11 is 0.440. The first-order chi connectivity index (χ1) is 17.6. The summed E-state index contributed by atoms with van der Waals surface area (Å²) in [4.78, 5) is 0. The van der Waals surface area contributed by atoms with Gasteiger partial charge in [-0.1, -0.05) is 25.1 Å². The Morgan fingerprint density at radius 2 is 1.32 bits per heavy atom. The van der Waals surface area contributed by atoms with Crippen molar-refractivity contribution in [2.24, 2.45) is 0 Å². The van der Waals surface area contributed by atoms with Crippen LogP contribution in [0.15, 0.2) is 36.4 Å². The van der Waals surface area contributed by atoms with Crippen molar-refractivity contribution in [2.45, 2.75) is 65.7 Å². The Kier molecular flexibility index (Phi) is 10.5. The molecule has 38 heavy (non-hydrogen) atoms. The summed E-state index contributed by atoms with van der Waals surface area (Å²) in [6.45, 7) is 14.9. The molecule has 0 amide bonds. The first-order valence-corrected chi connectivity index (χ1v) is 13.7. The Morgan fingerprint density at radius 1 is 0.789 bits per heavy atom. The summed E-state index contributed by atoms with van der Waals surface area (Å²) in [5.41, 5.74) is 4.06. The van der Waals surface area contributed by atoms with E-state index in [4.69, 9.17) is 12.8 Å². The fraction of sp³-hybridized carbons (Fsp3) is 0.345. The van der Waals surface area contributed by atoms with E-state index in [1.54, 1.807) is 19.1 Å². The van der Waals surface area contributed by atoms with E-state index in [9.17, 15) is 22.0 Å². The molecular weight excluding hydrogens is 694 g/mol. The third-order valence-corrected chi connectivity index (χ3v) is 6.72. The van der Waals surface area contributed by atoms with Gasteiger partial charge in [-0.3, -0.25) is 0 Å². The van der Waals surface area contributed by atoms with Gasteiger partial charge in [0.05, 0.1) is 0 Å². The van der Waals surface area contributed by atoms with Crippen LogP contribution in [0.4, 0.5) is 22.0 Å². The van der Waals surface area contributed by atoms with Gasteiger partial charge in [0.1, 0.15) is 5.75 Å². The largest absolute Gasteiger partial charge is 0.451 e. The number of hydrogen-bond acceptors (Lipinski definition) is 3. The average molecular weight is 725 g/mol. The maximum Gasteiger partial charge on any atom is 0.207 e. The van der Waals surface area contributed by atoms with Gasteiger partial charge in [-0.25, -0.2) is 13.2 Å². The number of nitrogens with one attached hydrogen (secondary N) is 1. The van der Waals surface area contributed by atoms with Crippen molar-refractivity contribution in [3.63, 3.8) is 0 Å². The monoisotopic (exact) mass is 725 g/mol. The summed E-state index contributed by atoms with van der Waals surface area (Å²) in [6, 6.07) is 10.5. The minimum absolute atomic E-state index is 0.0310. The topological polar surface area (TPSA) is 42.3 Å². The van der Waals surface area contributed by atoms with Crippen LogP contribution in [0, 0.1) is 34.5 Å². The van der Waals surface area contributed by atoms with Crippen molar-refractivity contribution in [3.8, 4) is 17.2 Å². The van der Waals surface area contributed by atoms with E-state index in [0.717, 1.165) is 11.3 Å². The molecule has 0 aromatic heterocycles. The van der Waals surface area contributed by atoms with Crippen LogP contribution in [0.2, 0.25) is 0 Å². The summed E-state index contributed by atoms with van der Waals surface area (Å²) in [5.74, 6) is -10.6. The zero-order chi connectivity index (χ0) is 29.0. The molecule has 3 aromatic rings. The SMILES string of the molecule is CC(C)(C)c1cc(C=N)c([O][Tl])c(C(C)(C)C)c1.CCc1ccccc1Oc1c(F)c(F)c(F)c(F)c1F. The predicted octanol–water partition coefficient (Wildman–Crippen LogP) is 8.48. The number of aryl methyl sites for hydroxylation is 1. The van der Waals surface area contributed by atoms with E-state index in [1.165, 1.54) is 29.5 Å². The smallest absolute Gasteiger partial charge is 0.207 e. The molecule has 0 saturated heterocycles. The normalized spacial score (nSPS) is 11.4. The maximum absolute atomic E-state index is 13.5. The molecule has 0 heterocycles. The van der Waals surface area contributed by atoms with Crippen LogP contribution >= 0.6 is 0 Å². The minimum Gasteiger partial charge on any atom is -0.451 e. The van der Waals surface area contributed by atoms with Crippen LogP contribution in [-0.2, 0) is 17.3 Å². The molecule has 0 fully saturated rings. The second kappa shape index (κ2) is 12.6. The summed E-state index contributed by atoms with van der Waals surface area (Å²) in [7, 11) is 0. The van der Waals surface area contributed by atoms with Gasteiger partial charge in [-0.15, -0.1) is 0 Å². The molecule has 0 aliphatic rings. The Hall–Kier alpha value is -2.50. The van der Waals surface area contributed by atoms with Crippen LogP contribution in [0.3, 0.4) is 0 Å². The molecule has 9 heteroatoms. The van der Waals surface area contributed by atoms with E-state index < -0.39 is 34.8 Å². The first-order valence-electron chi connectivity index (χ1n) is 11.9. The Labute approximate surface area is 237 Å². The zero-order valence-electron chi connectivity index (χ0n) is 22.5. The molecule has 3 nitrogen and oxygen atoms in total. The number of hydrogen-bond donors (Lipinski definition) is 1. The Morgan fingerprint density at radius 3 is 1.76 bits per heavy atom. The summed E-state index contributed by atoms with van der Waals surface area (Å²) in [6.07, 6.45) is 1.88. The van der Waals surface area contributed by atoms with E-state index in [0.29, 0.717) is 38.2 Å². The fourth-order valence-corrected chi connectivity index (χ4v) is 4.58. The van der Waals surface area contributed by atoms with Crippen molar-refractivity contribution < 1.29 is 29.4 Å². The molecule has 0 spiro atoms.